The van der Waals surface area contributed by atoms with E-state index >= 15 is 0 Å². The number of anilines is 1. The van der Waals surface area contributed by atoms with E-state index in [0.717, 1.165) is 41.5 Å². The van der Waals surface area contributed by atoms with E-state index in [1.54, 1.807) is 31.6 Å². The van der Waals surface area contributed by atoms with Crippen molar-refractivity contribution in [3.63, 3.8) is 0 Å². The van der Waals surface area contributed by atoms with Crippen LogP contribution in [0.3, 0.4) is 0 Å². The van der Waals surface area contributed by atoms with Crippen LogP contribution in [0.2, 0.25) is 0 Å². The second kappa shape index (κ2) is 11.4. The Morgan fingerprint density at radius 3 is 2.83 bits per heavy atom. The number of carbonyl (C=O) groups is 1. The van der Waals surface area contributed by atoms with Gasteiger partial charge >= 0.3 is 0 Å². The fraction of sp³-hybridized carbons (Fsp3) is 0.400. The summed E-state index contributed by atoms with van der Waals surface area (Å²) in [6.45, 7) is 4.05. The summed E-state index contributed by atoms with van der Waals surface area (Å²) in [7, 11) is 1.69. The Bertz CT molecular complexity index is 1240. The predicted octanol–water partition coefficient (Wildman–Crippen LogP) is 2.94. The topological polar surface area (TPSA) is 148 Å². The van der Waals surface area contributed by atoms with E-state index in [4.69, 9.17) is 15.2 Å². The monoisotopic (exact) mass is 507 g/mol. The molecule has 1 amide bonds. The zero-order chi connectivity index (χ0) is 25.5. The third-order valence-corrected chi connectivity index (χ3v) is 7.36. The molecular weight excluding hydrogens is 478 g/mol. The first-order valence-corrected chi connectivity index (χ1v) is 12.5. The Kier molecular flexibility index (Phi) is 8.10. The van der Waals surface area contributed by atoms with E-state index in [9.17, 15) is 10.1 Å². The van der Waals surface area contributed by atoms with Crippen LogP contribution < -0.4 is 21.1 Å². The van der Waals surface area contributed by atoms with Crippen molar-refractivity contribution in [2.45, 2.75) is 25.9 Å². The van der Waals surface area contributed by atoms with E-state index in [1.807, 2.05) is 30.5 Å². The molecule has 188 valence electrons. The van der Waals surface area contributed by atoms with Gasteiger partial charge in [0.05, 0.1) is 22.9 Å². The van der Waals surface area contributed by atoms with Crippen LogP contribution in [0.1, 0.15) is 46.8 Å². The van der Waals surface area contributed by atoms with Gasteiger partial charge in [-0.15, -0.1) is 11.3 Å². The van der Waals surface area contributed by atoms with E-state index < -0.39 is 5.91 Å². The first kappa shape index (κ1) is 25.5. The number of nitrogens with two attached hydrogens (primary N) is 1. The van der Waals surface area contributed by atoms with Crippen LogP contribution in [-0.4, -0.2) is 54.2 Å². The molecule has 10 nitrogen and oxygen atoms in total. The first-order valence-electron chi connectivity index (χ1n) is 11.7. The molecule has 0 spiro atoms. The molecule has 0 saturated carbocycles. The molecule has 4 N–H and O–H groups in total. The van der Waals surface area contributed by atoms with Crippen LogP contribution >= 0.6 is 11.3 Å². The molecule has 4 rings (SSSR count). The van der Waals surface area contributed by atoms with Gasteiger partial charge in [0, 0.05) is 31.5 Å². The number of methoxy groups -OCH3 is 1. The number of thiazole rings is 1. The van der Waals surface area contributed by atoms with Gasteiger partial charge in [-0.05, 0) is 51.1 Å². The molecule has 11 heteroatoms. The van der Waals surface area contributed by atoms with Gasteiger partial charge in [0.25, 0.3) is 5.91 Å². The molecule has 1 aliphatic rings. The number of piperidine rings is 1. The third-order valence-electron chi connectivity index (χ3n) is 6.30. The molecule has 0 aliphatic carbocycles. The van der Waals surface area contributed by atoms with Gasteiger partial charge in [-0.2, -0.15) is 5.26 Å². The van der Waals surface area contributed by atoms with Crippen LogP contribution in [0.25, 0.3) is 10.7 Å². The van der Waals surface area contributed by atoms with Crippen molar-refractivity contribution in [3.05, 3.63) is 52.8 Å². The fourth-order valence-corrected chi connectivity index (χ4v) is 5.61. The smallest absolute Gasteiger partial charge is 0.270 e. The number of rotatable bonds is 9. The minimum absolute atomic E-state index is 0.0585. The minimum atomic E-state index is -0.390. The number of nitriles is 1. The molecule has 0 bridgehead atoms. The predicted molar refractivity (Wildman–Crippen MR) is 136 cm³/mol. The lowest BCUT2D eigenvalue weighted by Crippen LogP contribution is -2.48. The number of nitrogen functional groups attached to an aromatic ring is 1. The highest BCUT2D eigenvalue weighted by Crippen LogP contribution is 2.45. The highest BCUT2D eigenvalue weighted by Gasteiger charge is 2.42. The number of hydrogen-bond donors (Lipinski definition) is 3. The fourth-order valence-electron chi connectivity index (χ4n) is 4.50. The maximum absolute atomic E-state index is 13.1. The molecule has 1 atom stereocenters. The molecule has 3 aromatic rings. The van der Waals surface area contributed by atoms with Crippen LogP contribution in [0.5, 0.6) is 5.88 Å². The van der Waals surface area contributed by atoms with Gasteiger partial charge in [-0.3, -0.25) is 9.78 Å². The first-order chi connectivity index (χ1) is 17.5. The standard InChI is InChI=1S/C25H29N7O3S/c1-3-35-23-16(13-26)17(27)12-19(32-23)22(33)31-15-25(7-10-28-11-8-25)21(34-2)20-14-30-24(36-20)18-6-4-5-9-29-18/h4-6,9,12,14,21,28H,3,7-8,10-11,15H2,1-2H3,(H2,27,32)(H,31,33). The Morgan fingerprint density at radius 2 is 2.17 bits per heavy atom. The molecule has 1 fully saturated rings. The van der Waals surface area contributed by atoms with Crippen molar-refractivity contribution >= 4 is 22.9 Å². The summed E-state index contributed by atoms with van der Waals surface area (Å²) >= 11 is 1.55. The van der Waals surface area contributed by atoms with Crippen molar-refractivity contribution in [1.29, 1.82) is 5.26 Å². The lowest BCUT2D eigenvalue weighted by atomic mass is 9.73. The van der Waals surface area contributed by atoms with Crippen LogP contribution in [0.4, 0.5) is 5.69 Å². The number of nitrogens with one attached hydrogen (secondary N) is 2. The van der Waals surface area contributed by atoms with Crippen LogP contribution in [0, 0.1) is 16.7 Å². The largest absolute Gasteiger partial charge is 0.477 e. The summed E-state index contributed by atoms with van der Waals surface area (Å²) in [5.41, 5.74) is 6.83. The molecule has 1 aliphatic heterocycles. The molecule has 1 saturated heterocycles. The summed E-state index contributed by atoms with van der Waals surface area (Å²) in [5, 5.41) is 16.6. The molecule has 3 aromatic heterocycles. The Morgan fingerprint density at radius 1 is 1.36 bits per heavy atom. The van der Waals surface area contributed by atoms with E-state index in [-0.39, 0.29) is 34.3 Å². The normalized spacial score (nSPS) is 15.6. The number of nitrogens with zero attached hydrogens (tertiary/aromatic N) is 4. The highest BCUT2D eigenvalue weighted by atomic mass is 32.1. The molecule has 36 heavy (non-hydrogen) atoms. The van der Waals surface area contributed by atoms with Crippen molar-refractivity contribution in [2.75, 3.05) is 39.1 Å². The van der Waals surface area contributed by atoms with Crippen molar-refractivity contribution in [2.24, 2.45) is 5.41 Å². The van der Waals surface area contributed by atoms with Gasteiger partial charge in [0.2, 0.25) is 5.88 Å². The number of pyridine rings is 2. The molecule has 1 unspecified atom stereocenters. The van der Waals surface area contributed by atoms with E-state index in [1.165, 1.54) is 6.07 Å². The number of hydrogen-bond acceptors (Lipinski definition) is 10. The average Bonchev–Trinajstić information content (AvgIpc) is 3.38. The second-order valence-electron chi connectivity index (χ2n) is 8.52. The van der Waals surface area contributed by atoms with Gasteiger partial charge in [-0.1, -0.05) is 6.07 Å². The average molecular weight is 508 g/mol. The summed E-state index contributed by atoms with van der Waals surface area (Å²) < 4.78 is 11.5. The minimum Gasteiger partial charge on any atom is -0.477 e. The van der Waals surface area contributed by atoms with Gasteiger partial charge in [-0.25, -0.2) is 9.97 Å². The molecular formula is C25H29N7O3S. The van der Waals surface area contributed by atoms with E-state index in [2.05, 4.69) is 25.6 Å². The maximum Gasteiger partial charge on any atom is 0.270 e. The van der Waals surface area contributed by atoms with Gasteiger partial charge in [0.15, 0.2) is 0 Å². The number of aromatic nitrogens is 3. The quantitative estimate of drug-likeness (QED) is 0.397. The van der Waals surface area contributed by atoms with E-state index in [0.29, 0.717) is 13.2 Å². The molecule has 0 radical (unpaired) electrons. The summed E-state index contributed by atoms with van der Waals surface area (Å²) in [5.74, 6) is -0.332. The van der Waals surface area contributed by atoms with Gasteiger partial charge < -0.3 is 25.8 Å². The second-order valence-corrected chi connectivity index (χ2v) is 9.58. The molecule has 4 heterocycles. The Hall–Kier alpha value is -3.59. The van der Waals surface area contributed by atoms with Crippen molar-refractivity contribution < 1.29 is 14.3 Å². The lowest BCUT2D eigenvalue weighted by molar-refractivity contribution is -0.0301. The number of carbonyl (C=O) groups excluding carboxylic acids is 1. The zero-order valence-electron chi connectivity index (χ0n) is 20.3. The highest BCUT2D eigenvalue weighted by molar-refractivity contribution is 7.15. The lowest BCUT2D eigenvalue weighted by Gasteiger charge is -2.42. The Balaban J connectivity index is 1.58. The summed E-state index contributed by atoms with van der Waals surface area (Å²) in [6, 6.07) is 9.12. The van der Waals surface area contributed by atoms with Gasteiger partial charge in [0.1, 0.15) is 28.4 Å². The SMILES string of the molecule is CCOc1nc(C(=O)NCC2(C(OC)c3cnc(-c4ccccn4)s3)CCNCC2)cc(N)c1C#N. The zero-order valence-corrected chi connectivity index (χ0v) is 21.1. The van der Waals surface area contributed by atoms with Crippen molar-refractivity contribution in [1.82, 2.24) is 25.6 Å². The Labute approximate surface area is 213 Å². The van der Waals surface area contributed by atoms with Crippen LogP contribution in [0.15, 0.2) is 36.7 Å². The summed E-state index contributed by atoms with van der Waals surface area (Å²) in [6.07, 6.45) is 4.92. The number of ether oxygens (including phenoxy) is 2. The maximum atomic E-state index is 13.1. The van der Waals surface area contributed by atoms with Crippen molar-refractivity contribution in [3.8, 4) is 22.7 Å². The summed E-state index contributed by atoms with van der Waals surface area (Å²) in [4.78, 5) is 27.3. The number of amides is 1. The van der Waals surface area contributed by atoms with Crippen LogP contribution in [-0.2, 0) is 4.74 Å². The third kappa shape index (κ3) is 5.31. The molecule has 0 aromatic carbocycles.